The number of nitrogens with one attached hydrogen (secondary N) is 2. The number of amides is 1. The molecule has 23 heavy (non-hydrogen) atoms. The molecule has 1 aliphatic rings. The van der Waals surface area contributed by atoms with E-state index in [0.29, 0.717) is 32.7 Å². The number of carbonyl (C=O) groups is 1. The number of terminal acetylenes is 1. The Labute approximate surface area is 145 Å². The number of benzene rings is 1. The molecule has 1 aromatic rings. The number of piperazine rings is 1. The number of halogens is 1. The van der Waals surface area contributed by atoms with Gasteiger partial charge in [0.1, 0.15) is 0 Å². The molecule has 2 rings (SSSR count). The Kier molecular flexibility index (Phi) is 6.18. The van der Waals surface area contributed by atoms with Gasteiger partial charge in [-0.1, -0.05) is 21.9 Å². The molecule has 2 N–H and O–H groups in total. The van der Waals surface area contributed by atoms with Crippen LogP contribution in [-0.4, -0.2) is 57.9 Å². The van der Waals surface area contributed by atoms with E-state index in [4.69, 9.17) is 6.42 Å². The summed E-state index contributed by atoms with van der Waals surface area (Å²) in [4.78, 5) is 13.0. The van der Waals surface area contributed by atoms with E-state index in [9.17, 15) is 13.2 Å². The lowest BCUT2D eigenvalue weighted by molar-refractivity contribution is -0.895. The summed E-state index contributed by atoms with van der Waals surface area (Å²) in [6, 6.07) is 6.60. The Morgan fingerprint density at radius 1 is 1.30 bits per heavy atom. The molecular weight excluding hydrogens is 382 g/mol. The minimum Gasteiger partial charge on any atom is -0.340 e. The molecule has 0 spiro atoms. The van der Waals surface area contributed by atoms with Crippen molar-refractivity contribution in [3.05, 3.63) is 28.7 Å². The molecule has 0 unspecified atom stereocenters. The van der Waals surface area contributed by atoms with E-state index in [-0.39, 0.29) is 17.3 Å². The first kappa shape index (κ1) is 17.9. The van der Waals surface area contributed by atoms with Gasteiger partial charge in [0.25, 0.3) is 5.91 Å². The molecule has 124 valence electrons. The van der Waals surface area contributed by atoms with Gasteiger partial charge < -0.3 is 10.2 Å². The Morgan fingerprint density at radius 3 is 2.48 bits per heavy atom. The van der Waals surface area contributed by atoms with Gasteiger partial charge in [-0.15, -0.1) is 6.42 Å². The van der Waals surface area contributed by atoms with Crippen LogP contribution in [0, 0.1) is 12.3 Å². The van der Waals surface area contributed by atoms with E-state index in [0.717, 1.165) is 9.37 Å². The maximum absolute atomic E-state index is 12.6. The summed E-state index contributed by atoms with van der Waals surface area (Å²) in [5.41, 5.74) is 0. The van der Waals surface area contributed by atoms with Gasteiger partial charge in [-0.2, -0.15) is 4.31 Å². The van der Waals surface area contributed by atoms with Gasteiger partial charge in [0.15, 0.2) is 6.54 Å². The molecule has 1 fully saturated rings. The smallest absolute Gasteiger partial charge is 0.275 e. The lowest BCUT2D eigenvalue weighted by Crippen LogP contribution is -3.15. The molecule has 1 aromatic carbocycles. The zero-order valence-electron chi connectivity index (χ0n) is 12.6. The fourth-order valence-corrected chi connectivity index (χ4v) is 4.12. The lowest BCUT2D eigenvalue weighted by Gasteiger charge is -2.31. The normalized spacial score (nSPS) is 16.7. The topological polar surface area (TPSA) is 70.9 Å². The van der Waals surface area contributed by atoms with E-state index in [2.05, 4.69) is 27.2 Å². The summed E-state index contributed by atoms with van der Waals surface area (Å²) in [6.07, 6.45) is 5.09. The molecule has 0 atom stereocenters. The van der Waals surface area contributed by atoms with Crippen molar-refractivity contribution in [2.24, 2.45) is 0 Å². The quantitative estimate of drug-likeness (QED) is 0.628. The van der Waals surface area contributed by atoms with E-state index < -0.39 is 10.0 Å². The highest BCUT2D eigenvalue weighted by Crippen LogP contribution is 2.18. The molecule has 8 heteroatoms. The van der Waals surface area contributed by atoms with Gasteiger partial charge in [0, 0.05) is 4.47 Å². The van der Waals surface area contributed by atoms with Crippen LogP contribution in [-0.2, 0) is 14.8 Å². The number of rotatable bonds is 5. The second kappa shape index (κ2) is 7.93. The first-order chi connectivity index (χ1) is 10.9. The molecule has 1 aliphatic heterocycles. The Hall–Kier alpha value is -1.40. The van der Waals surface area contributed by atoms with Crippen LogP contribution in [0.1, 0.15) is 0 Å². The summed E-state index contributed by atoms with van der Waals surface area (Å²) in [5, 5.41) is 2.62. The predicted molar refractivity (Wildman–Crippen MR) is 90.3 cm³/mol. The summed E-state index contributed by atoms with van der Waals surface area (Å²) in [7, 11) is -3.47. The van der Waals surface area contributed by atoms with Crippen LogP contribution in [0.2, 0.25) is 0 Å². The molecule has 1 saturated heterocycles. The Morgan fingerprint density at radius 2 is 1.91 bits per heavy atom. The van der Waals surface area contributed by atoms with Crippen molar-refractivity contribution < 1.29 is 18.1 Å². The highest BCUT2D eigenvalue weighted by atomic mass is 79.9. The largest absolute Gasteiger partial charge is 0.340 e. The van der Waals surface area contributed by atoms with Gasteiger partial charge in [0.05, 0.1) is 37.6 Å². The number of carbonyl (C=O) groups excluding carboxylic acids is 1. The fraction of sp³-hybridized carbons (Fsp3) is 0.400. The first-order valence-electron chi connectivity index (χ1n) is 7.23. The molecule has 6 nitrogen and oxygen atoms in total. The minimum absolute atomic E-state index is 0.109. The molecule has 1 heterocycles. The van der Waals surface area contributed by atoms with E-state index in [1.807, 2.05) is 0 Å². The van der Waals surface area contributed by atoms with Gasteiger partial charge in [-0.05, 0) is 24.3 Å². The van der Waals surface area contributed by atoms with Crippen molar-refractivity contribution in [2.45, 2.75) is 4.90 Å². The minimum atomic E-state index is -3.47. The fourth-order valence-electron chi connectivity index (χ4n) is 2.41. The highest BCUT2D eigenvalue weighted by molar-refractivity contribution is 9.10. The average molecular weight is 401 g/mol. The number of quaternary nitrogens is 1. The Bertz CT molecular complexity index is 690. The highest BCUT2D eigenvalue weighted by Gasteiger charge is 2.30. The molecule has 0 bridgehead atoms. The van der Waals surface area contributed by atoms with Gasteiger partial charge in [-0.3, -0.25) is 4.79 Å². The first-order valence-corrected chi connectivity index (χ1v) is 9.46. The van der Waals surface area contributed by atoms with Gasteiger partial charge in [-0.25, -0.2) is 8.42 Å². The Balaban J connectivity index is 1.92. The van der Waals surface area contributed by atoms with Crippen LogP contribution in [0.5, 0.6) is 0 Å². The second-order valence-electron chi connectivity index (χ2n) is 5.27. The van der Waals surface area contributed by atoms with Crippen molar-refractivity contribution in [2.75, 3.05) is 39.3 Å². The van der Waals surface area contributed by atoms with Crippen LogP contribution < -0.4 is 10.2 Å². The third-order valence-electron chi connectivity index (χ3n) is 3.68. The molecule has 0 radical (unpaired) electrons. The van der Waals surface area contributed by atoms with Crippen molar-refractivity contribution in [3.8, 4) is 12.3 Å². The van der Waals surface area contributed by atoms with E-state index in [1.165, 1.54) is 4.31 Å². The number of hydrogen-bond acceptors (Lipinski definition) is 3. The third-order valence-corrected chi connectivity index (χ3v) is 6.12. The van der Waals surface area contributed by atoms with Gasteiger partial charge in [0.2, 0.25) is 10.0 Å². The van der Waals surface area contributed by atoms with Crippen LogP contribution in [0.3, 0.4) is 0 Å². The van der Waals surface area contributed by atoms with Crippen molar-refractivity contribution in [1.29, 1.82) is 0 Å². The van der Waals surface area contributed by atoms with Crippen molar-refractivity contribution in [1.82, 2.24) is 9.62 Å². The molecule has 0 saturated carbocycles. The average Bonchev–Trinajstić information content (AvgIpc) is 2.54. The molecule has 0 aliphatic carbocycles. The SMILES string of the molecule is C#CCNC(=O)C[NH+]1CCN(S(=O)(=O)c2ccc(Br)cc2)CC1. The monoisotopic (exact) mass is 400 g/mol. The molecule has 1 amide bonds. The van der Waals surface area contributed by atoms with Crippen LogP contribution >= 0.6 is 15.9 Å². The summed E-state index contributed by atoms with van der Waals surface area (Å²) in [6.45, 7) is 2.52. The summed E-state index contributed by atoms with van der Waals surface area (Å²) < 4.78 is 27.4. The van der Waals surface area contributed by atoms with Gasteiger partial charge >= 0.3 is 0 Å². The predicted octanol–water partition coefficient (Wildman–Crippen LogP) is -0.912. The van der Waals surface area contributed by atoms with Crippen LogP contribution in [0.15, 0.2) is 33.6 Å². The van der Waals surface area contributed by atoms with Crippen LogP contribution in [0.25, 0.3) is 0 Å². The summed E-state index contributed by atoms with van der Waals surface area (Å²) in [5.74, 6) is 2.24. The molecular formula is C15H19BrN3O3S+. The zero-order chi connectivity index (χ0) is 16.9. The summed E-state index contributed by atoms with van der Waals surface area (Å²) >= 11 is 3.29. The maximum Gasteiger partial charge on any atom is 0.275 e. The maximum atomic E-state index is 12.6. The zero-order valence-corrected chi connectivity index (χ0v) is 15.0. The second-order valence-corrected chi connectivity index (χ2v) is 8.12. The van der Waals surface area contributed by atoms with E-state index in [1.54, 1.807) is 24.3 Å². The van der Waals surface area contributed by atoms with Crippen LogP contribution in [0.4, 0.5) is 0 Å². The van der Waals surface area contributed by atoms with Crippen molar-refractivity contribution in [3.63, 3.8) is 0 Å². The number of hydrogen-bond donors (Lipinski definition) is 2. The van der Waals surface area contributed by atoms with Crippen molar-refractivity contribution >= 4 is 31.9 Å². The van der Waals surface area contributed by atoms with E-state index >= 15 is 0 Å². The number of sulfonamides is 1. The lowest BCUT2D eigenvalue weighted by atomic mass is 10.3. The standard InChI is InChI=1S/C15H18BrN3O3S/c1-2-7-17-15(20)12-18-8-10-19(11-9-18)23(21,22)14-5-3-13(16)4-6-14/h1,3-6H,7-12H2,(H,17,20)/p+1. The third kappa shape index (κ3) is 4.78. The number of nitrogens with zero attached hydrogens (tertiary/aromatic N) is 1. The molecule has 0 aromatic heterocycles.